The maximum Gasteiger partial charge on any atom is 0.223 e. The van der Waals surface area contributed by atoms with E-state index in [-0.39, 0.29) is 24.7 Å². The third-order valence-electron chi connectivity index (χ3n) is 4.62. The molecule has 1 aliphatic rings. The van der Waals surface area contributed by atoms with Crippen LogP contribution in [-0.4, -0.2) is 52.4 Å². The lowest BCUT2D eigenvalue weighted by atomic mass is 10.1. The highest BCUT2D eigenvalue weighted by Crippen LogP contribution is 2.22. The van der Waals surface area contributed by atoms with Crippen molar-refractivity contribution in [3.63, 3.8) is 0 Å². The van der Waals surface area contributed by atoms with Crippen LogP contribution in [0.4, 0.5) is 0 Å². The Bertz CT molecular complexity index is 695. The number of para-hydroxylation sites is 1. The van der Waals surface area contributed by atoms with Gasteiger partial charge in [0.05, 0.1) is 25.4 Å². The Morgan fingerprint density at radius 2 is 2.17 bits per heavy atom. The molecule has 23 heavy (non-hydrogen) atoms. The van der Waals surface area contributed by atoms with Gasteiger partial charge in [-0.2, -0.15) is 0 Å². The largest absolute Gasteiger partial charge is 0.394 e. The summed E-state index contributed by atoms with van der Waals surface area (Å²) in [6, 6.07) is 8.33. The standard InChI is InChI=1S/C18H24N2O3/c1-13-12-23-15(11-21)10-20(13)18(22)8-7-14-9-19(2)17-6-4-3-5-16(14)17/h3-6,9,13,15,21H,7-8,10-12H2,1-2H3/t13-,15-/m0/s1. The molecule has 3 rings (SSSR count). The van der Waals surface area contributed by atoms with Crippen LogP contribution in [-0.2, 0) is 23.0 Å². The molecule has 2 atom stereocenters. The average Bonchev–Trinajstić information content (AvgIpc) is 2.90. The number of hydrogen-bond acceptors (Lipinski definition) is 3. The van der Waals surface area contributed by atoms with Crippen LogP contribution in [0.5, 0.6) is 0 Å². The number of fused-ring (bicyclic) bond motifs is 1. The summed E-state index contributed by atoms with van der Waals surface area (Å²) >= 11 is 0. The van der Waals surface area contributed by atoms with Gasteiger partial charge in [-0.15, -0.1) is 0 Å². The zero-order chi connectivity index (χ0) is 16.4. The fourth-order valence-corrected chi connectivity index (χ4v) is 3.29. The van der Waals surface area contributed by atoms with Gasteiger partial charge < -0.3 is 19.3 Å². The molecule has 0 spiro atoms. The van der Waals surface area contributed by atoms with E-state index in [1.807, 2.05) is 31.0 Å². The summed E-state index contributed by atoms with van der Waals surface area (Å²) in [7, 11) is 2.03. The molecule has 0 aliphatic carbocycles. The Kier molecular flexibility index (Phi) is 4.68. The van der Waals surface area contributed by atoms with Gasteiger partial charge >= 0.3 is 0 Å². The van der Waals surface area contributed by atoms with E-state index < -0.39 is 0 Å². The molecule has 0 saturated carbocycles. The van der Waals surface area contributed by atoms with Crippen molar-refractivity contribution in [2.45, 2.75) is 31.9 Å². The summed E-state index contributed by atoms with van der Waals surface area (Å²) in [5.41, 5.74) is 2.39. The normalized spacial score (nSPS) is 21.8. The van der Waals surface area contributed by atoms with Crippen LogP contribution in [0.25, 0.3) is 10.9 Å². The van der Waals surface area contributed by atoms with Gasteiger partial charge in [0.1, 0.15) is 0 Å². The SMILES string of the molecule is C[C@H]1CO[C@H](CO)CN1C(=O)CCc1cn(C)c2ccccc12. The number of aromatic nitrogens is 1. The van der Waals surface area contributed by atoms with Gasteiger partial charge in [-0.25, -0.2) is 0 Å². The number of carbonyl (C=O) groups is 1. The molecule has 2 aromatic rings. The van der Waals surface area contributed by atoms with Crippen LogP contribution in [0.3, 0.4) is 0 Å². The number of aryl methyl sites for hydroxylation is 2. The molecule has 1 aromatic heterocycles. The molecule has 2 heterocycles. The molecular formula is C18H24N2O3. The quantitative estimate of drug-likeness (QED) is 0.934. The van der Waals surface area contributed by atoms with E-state index in [1.54, 1.807) is 0 Å². The number of aliphatic hydroxyl groups is 1. The molecule has 1 fully saturated rings. The highest BCUT2D eigenvalue weighted by molar-refractivity contribution is 5.85. The number of hydrogen-bond donors (Lipinski definition) is 1. The van der Waals surface area contributed by atoms with Crippen LogP contribution in [0.1, 0.15) is 18.9 Å². The summed E-state index contributed by atoms with van der Waals surface area (Å²) in [5, 5.41) is 10.5. The summed E-state index contributed by atoms with van der Waals surface area (Å²) in [5.74, 6) is 0.132. The smallest absolute Gasteiger partial charge is 0.223 e. The lowest BCUT2D eigenvalue weighted by molar-refractivity contribution is -0.146. The average molecular weight is 316 g/mol. The minimum Gasteiger partial charge on any atom is -0.394 e. The number of rotatable bonds is 4. The zero-order valence-electron chi connectivity index (χ0n) is 13.7. The summed E-state index contributed by atoms with van der Waals surface area (Å²) in [4.78, 5) is 14.4. The molecule has 5 heteroatoms. The van der Waals surface area contributed by atoms with E-state index in [0.29, 0.717) is 19.6 Å². The van der Waals surface area contributed by atoms with Crippen LogP contribution < -0.4 is 0 Å². The maximum absolute atomic E-state index is 12.6. The van der Waals surface area contributed by atoms with Gasteiger partial charge in [0.25, 0.3) is 0 Å². The fourth-order valence-electron chi connectivity index (χ4n) is 3.29. The van der Waals surface area contributed by atoms with Crippen LogP contribution >= 0.6 is 0 Å². The van der Waals surface area contributed by atoms with E-state index in [2.05, 4.69) is 22.9 Å². The second kappa shape index (κ2) is 6.72. The summed E-state index contributed by atoms with van der Waals surface area (Å²) < 4.78 is 7.60. The minimum absolute atomic E-state index is 0.0418. The van der Waals surface area contributed by atoms with Gasteiger partial charge in [0.2, 0.25) is 5.91 Å². The first-order chi connectivity index (χ1) is 11.1. The number of nitrogens with zero attached hydrogens (tertiary/aromatic N) is 2. The molecule has 1 aliphatic heterocycles. The highest BCUT2D eigenvalue weighted by atomic mass is 16.5. The van der Waals surface area contributed by atoms with Gasteiger partial charge in [-0.3, -0.25) is 4.79 Å². The van der Waals surface area contributed by atoms with E-state index in [1.165, 1.54) is 16.5 Å². The number of benzene rings is 1. The second-order valence-electron chi connectivity index (χ2n) is 6.32. The van der Waals surface area contributed by atoms with Crippen molar-refractivity contribution in [2.24, 2.45) is 7.05 Å². The number of carbonyl (C=O) groups excluding carboxylic acids is 1. The Labute approximate surface area is 136 Å². The Hall–Kier alpha value is -1.85. The molecule has 0 bridgehead atoms. The van der Waals surface area contributed by atoms with Gasteiger partial charge in [0.15, 0.2) is 0 Å². The van der Waals surface area contributed by atoms with Crippen molar-refractivity contribution in [1.29, 1.82) is 0 Å². The number of morpholine rings is 1. The monoisotopic (exact) mass is 316 g/mol. The van der Waals surface area contributed by atoms with Gasteiger partial charge in [-0.05, 0) is 25.0 Å². The molecule has 0 unspecified atom stereocenters. The maximum atomic E-state index is 12.6. The Balaban J connectivity index is 1.68. The molecule has 1 amide bonds. The first-order valence-corrected chi connectivity index (χ1v) is 8.15. The van der Waals surface area contributed by atoms with E-state index in [4.69, 9.17) is 4.74 Å². The predicted octanol–water partition coefficient (Wildman–Crippen LogP) is 1.72. The third-order valence-corrected chi connectivity index (χ3v) is 4.62. The lowest BCUT2D eigenvalue weighted by Crippen LogP contribution is -2.52. The first kappa shape index (κ1) is 16.0. The number of amides is 1. The van der Waals surface area contributed by atoms with Crippen molar-refractivity contribution in [3.8, 4) is 0 Å². The van der Waals surface area contributed by atoms with E-state index >= 15 is 0 Å². The predicted molar refractivity (Wildman–Crippen MR) is 89.2 cm³/mol. The molecule has 1 aromatic carbocycles. The first-order valence-electron chi connectivity index (χ1n) is 8.15. The zero-order valence-corrected chi connectivity index (χ0v) is 13.7. The van der Waals surface area contributed by atoms with Gasteiger partial charge in [0, 0.05) is 37.1 Å². The van der Waals surface area contributed by atoms with Crippen molar-refractivity contribution < 1.29 is 14.6 Å². The van der Waals surface area contributed by atoms with Crippen LogP contribution in [0, 0.1) is 0 Å². The van der Waals surface area contributed by atoms with E-state index in [0.717, 1.165) is 6.42 Å². The van der Waals surface area contributed by atoms with Crippen molar-refractivity contribution in [3.05, 3.63) is 36.0 Å². The molecular weight excluding hydrogens is 292 g/mol. The van der Waals surface area contributed by atoms with Crippen LogP contribution in [0.2, 0.25) is 0 Å². The molecule has 0 radical (unpaired) electrons. The van der Waals surface area contributed by atoms with Crippen LogP contribution in [0.15, 0.2) is 30.5 Å². The number of aliphatic hydroxyl groups excluding tert-OH is 1. The van der Waals surface area contributed by atoms with Gasteiger partial charge in [-0.1, -0.05) is 18.2 Å². The number of ether oxygens (including phenoxy) is 1. The summed E-state index contributed by atoms with van der Waals surface area (Å²) in [6.45, 7) is 2.92. The molecule has 124 valence electrons. The Morgan fingerprint density at radius 3 is 2.96 bits per heavy atom. The lowest BCUT2D eigenvalue weighted by Gasteiger charge is -2.37. The molecule has 1 saturated heterocycles. The Morgan fingerprint density at radius 1 is 1.39 bits per heavy atom. The summed E-state index contributed by atoms with van der Waals surface area (Å²) in [6.07, 6.45) is 3.06. The fraction of sp³-hybridized carbons (Fsp3) is 0.500. The molecule has 5 nitrogen and oxygen atoms in total. The topological polar surface area (TPSA) is 54.7 Å². The second-order valence-corrected chi connectivity index (χ2v) is 6.32. The van der Waals surface area contributed by atoms with Crippen molar-refractivity contribution >= 4 is 16.8 Å². The molecule has 1 N–H and O–H groups in total. The third kappa shape index (κ3) is 3.26. The van der Waals surface area contributed by atoms with Crippen molar-refractivity contribution in [1.82, 2.24) is 9.47 Å². The van der Waals surface area contributed by atoms with E-state index in [9.17, 15) is 9.90 Å². The highest BCUT2D eigenvalue weighted by Gasteiger charge is 2.28. The van der Waals surface area contributed by atoms with Crippen molar-refractivity contribution in [2.75, 3.05) is 19.8 Å². The minimum atomic E-state index is -0.257.